The highest BCUT2D eigenvalue weighted by molar-refractivity contribution is 5.33. The summed E-state index contributed by atoms with van der Waals surface area (Å²) >= 11 is 0. The summed E-state index contributed by atoms with van der Waals surface area (Å²) in [4.78, 5) is 0. The number of nitrogens with one attached hydrogen (secondary N) is 1. The first kappa shape index (κ1) is 15.4. The first-order valence-corrected chi connectivity index (χ1v) is 6.52. The van der Waals surface area contributed by atoms with Gasteiger partial charge in [0.05, 0.1) is 6.61 Å². The first-order valence-electron chi connectivity index (χ1n) is 6.52. The Morgan fingerprint density at radius 1 is 1.32 bits per heavy atom. The fourth-order valence-electron chi connectivity index (χ4n) is 1.59. The van der Waals surface area contributed by atoms with Crippen molar-refractivity contribution in [3.63, 3.8) is 0 Å². The summed E-state index contributed by atoms with van der Waals surface area (Å²) in [6, 6.07) is 10.2. The van der Waals surface area contributed by atoms with Gasteiger partial charge in [-0.1, -0.05) is 56.1 Å². The Morgan fingerprint density at radius 2 is 2.00 bits per heavy atom. The van der Waals surface area contributed by atoms with Crippen LogP contribution in [0.4, 0.5) is 0 Å². The number of allylic oxidation sites excluding steroid dienone is 2. The molecule has 1 rings (SSSR count). The number of ether oxygens (including phenoxy) is 1. The lowest BCUT2D eigenvalue weighted by atomic mass is 10.1. The maximum absolute atomic E-state index is 5.71. The molecule has 0 amide bonds. The van der Waals surface area contributed by atoms with E-state index in [1.165, 1.54) is 5.56 Å². The van der Waals surface area contributed by atoms with E-state index in [1.807, 2.05) is 25.1 Å². The molecule has 0 aliphatic rings. The lowest BCUT2D eigenvalue weighted by Crippen LogP contribution is -2.29. The van der Waals surface area contributed by atoms with Gasteiger partial charge in [-0.3, -0.25) is 5.32 Å². The van der Waals surface area contributed by atoms with Crippen molar-refractivity contribution >= 4 is 0 Å². The largest absolute Gasteiger partial charge is 0.359 e. The van der Waals surface area contributed by atoms with Gasteiger partial charge in [-0.05, 0) is 30.1 Å². The van der Waals surface area contributed by atoms with Crippen LogP contribution in [0.15, 0.2) is 67.3 Å². The molecule has 2 heteroatoms. The predicted octanol–water partition coefficient (Wildman–Crippen LogP) is 3.83. The van der Waals surface area contributed by atoms with E-state index in [0.29, 0.717) is 6.61 Å². The molecule has 19 heavy (non-hydrogen) atoms. The summed E-state index contributed by atoms with van der Waals surface area (Å²) in [5.41, 5.74) is 3.10. The fourth-order valence-corrected chi connectivity index (χ4v) is 1.59. The predicted molar refractivity (Wildman–Crippen MR) is 81.8 cm³/mol. The average molecular weight is 257 g/mol. The molecule has 0 heterocycles. The molecule has 1 atom stereocenters. The van der Waals surface area contributed by atoms with E-state index in [-0.39, 0.29) is 6.23 Å². The van der Waals surface area contributed by atoms with Crippen LogP contribution >= 0.6 is 0 Å². The number of benzene rings is 1. The summed E-state index contributed by atoms with van der Waals surface area (Å²) in [5.74, 6) is 0. The van der Waals surface area contributed by atoms with Crippen LogP contribution in [0.5, 0.6) is 0 Å². The molecular weight excluding hydrogens is 234 g/mol. The van der Waals surface area contributed by atoms with Crippen molar-refractivity contribution in [1.82, 2.24) is 5.32 Å². The maximum Gasteiger partial charge on any atom is 0.105 e. The van der Waals surface area contributed by atoms with Crippen LogP contribution in [0.2, 0.25) is 0 Å². The third kappa shape index (κ3) is 6.18. The summed E-state index contributed by atoms with van der Waals surface area (Å²) < 4.78 is 5.71. The zero-order chi connectivity index (χ0) is 14.1. The van der Waals surface area contributed by atoms with Crippen molar-refractivity contribution in [2.24, 2.45) is 0 Å². The number of hydrogen-bond donors (Lipinski definition) is 1. The van der Waals surface area contributed by atoms with Crippen molar-refractivity contribution in [3.8, 4) is 0 Å². The quantitative estimate of drug-likeness (QED) is 0.536. The zero-order valence-corrected chi connectivity index (χ0v) is 11.7. The third-order valence-electron chi connectivity index (χ3n) is 2.90. The second-order valence-corrected chi connectivity index (χ2v) is 4.48. The van der Waals surface area contributed by atoms with Crippen LogP contribution in [0.1, 0.15) is 18.9 Å². The highest BCUT2D eigenvalue weighted by Gasteiger charge is 2.02. The molecule has 0 saturated heterocycles. The molecule has 0 fully saturated rings. The molecule has 2 nitrogen and oxygen atoms in total. The number of rotatable bonds is 9. The SMILES string of the molecule is C=CC(=C)C(=C)CCNC(C)OCc1ccccc1. The van der Waals surface area contributed by atoms with E-state index < -0.39 is 0 Å². The van der Waals surface area contributed by atoms with Gasteiger partial charge in [0, 0.05) is 6.54 Å². The van der Waals surface area contributed by atoms with E-state index in [2.05, 4.69) is 37.2 Å². The maximum atomic E-state index is 5.71. The zero-order valence-electron chi connectivity index (χ0n) is 11.7. The Morgan fingerprint density at radius 3 is 2.63 bits per heavy atom. The van der Waals surface area contributed by atoms with Crippen molar-refractivity contribution in [1.29, 1.82) is 0 Å². The molecule has 0 radical (unpaired) electrons. The first-order chi connectivity index (χ1) is 9.13. The van der Waals surface area contributed by atoms with Crippen molar-refractivity contribution in [2.75, 3.05) is 6.54 Å². The van der Waals surface area contributed by atoms with E-state index in [9.17, 15) is 0 Å². The second kappa shape index (κ2) is 8.46. The van der Waals surface area contributed by atoms with Crippen molar-refractivity contribution < 1.29 is 4.74 Å². The van der Waals surface area contributed by atoms with Crippen LogP contribution in [0.3, 0.4) is 0 Å². The molecule has 1 N–H and O–H groups in total. The monoisotopic (exact) mass is 257 g/mol. The average Bonchev–Trinajstić information content (AvgIpc) is 2.45. The highest BCUT2D eigenvalue weighted by Crippen LogP contribution is 2.09. The molecule has 1 aromatic rings. The molecule has 1 aromatic carbocycles. The van der Waals surface area contributed by atoms with Gasteiger partial charge in [0.2, 0.25) is 0 Å². The van der Waals surface area contributed by atoms with E-state index in [4.69, 9.17) is 4.74 Å². The lowest BCUT2D eigenvalue weighted by Gasteiger charge is -2.15. The topological polar surface area (TPSA) is 21.3 Å². The Labute approximate surface area is 116 Å². The Hall–Kier alpha value is -1.64. The minimum absolute atomic E-state index is 0.0185. The van der Waals surface area contributed by atoms with Gasteiger partial charge in [-0.2, -0.15) is 0 Å². The molecule has 0 saturated carbocycles. The minimum atomic E-state index is 0.0185. The lowest BCUT2D eigenvalue weighted by molar-refractivity contribution is 0.0309. The number of hydrogen-bond acceptors (Lipinski definition) is 2. The van der Waals surface area contributed by atoms with Crippen molar-refractivity contribution in [2.45, 2.75) is 26.2 Å². The Balaban J connectivity index is 2.18. The van der Waals surface area contributed by atoms with Crippen LogP contribution in [0.25, 0.3) is 0 Å². The smallest absolute Gasteiger partial charge is 0.105 e. The molecule has 1 unspecified atom stereocenters. The summed E-state index contributed by atoms with van der Waals surface area (Å²) in [7, 11) is 0. The van der Waals surface area contributed by atoms with Gasteiger partial charge >= 0.3 is 0 Å². The van der Waals surface area contributed by atoms with Crippen LogP contribution in [0, 0.1) is 0 Å². The second-order valence-electron chi connectivity index (χ2n) is 4.48. The standard InChI is InChI=1S/C17H23NO/c1-5-14(2)15(3)11-12-18-16(4)19-13-17-9-7-6-8-10-17/h5-10,16,18H,1-3,11-13H2,4H3. The summed E-state index contributed by atoms with van der Waals surface area (Å²) in [6.07, 6.45) is 2.60. The summed E-state index contributed by atoms with van der Waals surface area (Å²) in [5, 5.41) is 3.30. The normalized spacial score (nSPS) is 11.8. The van der Waals surface area contributed by atoms with Gasteiger partial charge < -0.3 is 4.74 Å². The minimum Gasteiger partial charge on any atom is -0.359 e. The van der Waals surface area contributed by atoms with Crippen LogP contribution in [-0.4, -0.2) is 12.8 Å². The van der Waals surface area contributed by atoms with Crippen LogP contribution in [-0.2, 0) is 11.3 Å². The van der Waals surface area contributed by atoms with E-state index in [0.717, 1.165) is 24.1 Å². The van der Waals surface area contributed by atoms with Gasteiger partial charge in [0.25, 0.3) is 0 Å². The highest BCUT2D eigenvalue weighted by atomic mass is 16.5. The van der Waals surface area contributed by atoms with Gasteiger partial charge in [-0.25, -0.2) is 0 Å². The molecule has 0 bridgehead atoms. The Kier molecular flexibility index (Phi) is 6.86. The third-order valence-corrected chi connectivity index (χ3v) is 2.90. The van der Waals surface area contributed by atoms with Crippen molar-refractivity contribution in [3.05, 3.63) is 72.9 Å². The molecular formula is C17H23NO. The van der Waals surface area contributed by atoms with Gasteiger partial charge in [0.1, 0.15) is 6.23 Å². The summed E-state index contributed by atoms with van der Waals surface area (Å²) in [6.45, 7) is 15.0. The fraction of sp³-hybridized carbons (Fsp3) is 0.294. The molecule has 0 spiro atoms. The molecule has 0 aliphatic carbocycles. The molecule has 0 aromatic heterocycles. The van der Waals surface area contributed by atoms with Gasteiger partial charge in [0.15, 0.2) is 0 Å². The van der Waals surface area contributed by atoms with Crippen LogP contribution < -0.4 is 5.32 Å². The van der Waals surface area contributed by atoms with E-state index >= 15 is 0 Å². The Bertz CT molecular complexity index is 422. The molecule has 102 valence electrons. The van der Waals surface area contributed by atoms with Gasteiger partial charge in [-0.15, -0.1) is 0 Å². The molecule has 0 aliphatic heterocycles. The van der Waals surface area contributed by atoms with E-state index in [1.54, 1.807) is 6.08 Å².